The van der Waals surface area contributed by atoms with E-state index in [0.717, 1.165) is 28.1 Å². The Bertz CT molecular complexity index is 2510. The molecule has 11 rings (SSSR count). The summed E-state index contributed by atoms with van der Waals surface area (Å²) >= 11 is 0. The Balaban J connectivity index is 1.11. The molecule has 1 aromatic heterocycles. The number of nitrogens with one attached hydrogen (secondary N) is 1. The second kappa shape index (κ2) is 9.43. The Morgan fingerprint density at radius 1 is 0.521 bits per heavy atom. The zero-order valence-electron chi connectivity index (χ0n) is 26.1. The fraction of sp³-hybridized carbons (Fsp3) is 0.0444. The van der Waals surface area contributed by atoms with Crippen LogP contribution in [0.1, 0.15) is 22.3 Å². The summed E-state index contributed by atoms with van der Waals surface area (Å²) in [6, 6.07) is 51.7. The van der Waals surface area contributed by atoms with Crippen molar-refractivity contribution >= 4 is 22.3 Å². The van der Waals surface area contributed by atoms with E-state index in [0.29, 0.717) is 0 Å². The van der Waals surface area contributed by atoms with Gasteiger partial charge >= 0.3 is 0 Å². The zero-order valence-corrected chi connectivity index (χ0v) is 26.1. The molecule has 224 valence electrons. The predicted octanol–water partition coefficient (Wildman–Crippen LogP) is 10.6. The Morgan fingerprint density at radius 3 is 1.85 bits per heavy atom. The van der Waals surface area contributed by atoms with Crippen LogP contribution >= 0.6 is 0 Å². The van der Waals surface area contributed by atoms with Gasteiger partial charge in [0.25, 0.3) is 0 Å². The summed E-state index contributed by atoms with van der Waals surface area (Å²) in [6.45, 7) is 0. The lowest BCUT2D eigenvalue weighted by Gasteiger charge is -2.30. The molecule has 2 aliphatic carbocycles. The van der Waals surface area contributed by atoms with Gasteiger partial charge in [-0.15, -0.1) is 0 Å². The smallest absolute Gasteiger partial charge is 0.159 e. The molecule has 1 spiro atoms. The van der Waals surface area contributed by atoms with Gasteiger partial charge in [0, 0.05) is 22.5 Å². The van der Waals surface area contributed by atoms with Crippen LogP contribution in [0.3, 0.4) is 0 Å². The summed E-state index contributed by atoms with van der Waals surface area (Å²) in [5, 5.41) is 6.03. The maximum atomic E-state index is 5.34. The molecule has 7 aromatic rings. The summed E-state index contributed by atoms with van der Waals surface area (Å²) < 4.78 is 0. The van der Waals surface area contributed by atoms with Crippen LogP contribution in [-0.4, -0.2) is 11.1 Å². The molecular formula is C45H29N3. The van der Waals surface area contributed by atoms with Crippen molar-refractivity contribution in [1.29, 1.82) is 0 Å². The molecule has 0 fully saturated rings. The fourth-order valence-corrected chi connectivity index (χ4v) is 8.88. The molecule has 1 N–H and O–H groups in total. The monoisotopic (exact) mass is 611 g/mol. The Labute approximate surface area is 279 Å². The van der Waals surface area contributed by atoms with E-state index in [2.05, 4.69) is 174 Å². The Kier molecular flexibility index (Phi) is 5.10. The predicted molar refractivity (Wildman–Crippen MR) is 197 cm³/mol. The molecular weight excluding hydrogens is 583 g/mol. The number of benzene rings is 6. The number of hydrogen-bond donors (Lipinski definition) is 1. The van der Waals surface area contributed by atoms with Crippen LogP contribution in [0.4, 0.5) is 11.5 Å². The van der Waals surface area contributed by atoms with Gasteiger partial charge in [-0.25, -0.2) is 4.98 Å². The molecule has 4 aliphatic rings. The van der Waals surface area contributed by atoms with Gasteiger partial charge in [-0.3, -0.25) is 0 Å². The largest absolute Gasteiger partial charge is 0.358 e. The topological polar surface area (TPSA) is 28.2 Å². The van der Waals surface area contributed by atoms with Gasteiger partial charge < -0.3 is 10.2 Å². The van der Waals surface area contributed by atoms with Gasteiger partial charge in [0.05, 0.1) is 16.8 Å². The highest BCUT2D eigenvalue weighted by molar-refractivity contribution is 6.07. The number of allylic oxidation sites excluding steroid dienone is 2. The van der Waals surface area contributed by atoms with Gasteiger partial charge in [0.1, 0.15) is 6.17 Å². The molecule has 0 amide bonds. The highest BCUT2D eigenvalue weighted by Crippen LogP contribution is 2.63. The van der Waals surface area contributed by atoms with Crippen molar-refractivity contribution in [2.75, 3.05) is 10.2 Å². The quantitative estimate of drug-likeness (QED) is 0.211. The van der Waals surface area contributed by atoms with Crippen LogP contribution in [0.25, 0.3) is 55.4 Å². The van der Waals surface area contributed by atoms with Gasteiger partial charge in [-0.2, -0.15) is 0 Å². The van der Waals surface area contributed by atoms with Crippen LogP contribution in [-0.2, 0) is 5.41 Å². The maximum absolute atomic E-state index is 5.34. The first-order valence-electron chi connectivity index (χ1n) is 16.7. The van der Waals surface area contributed by atoms with Crippen molar-refractivity contribution < 1.29 is 0 Å². The lowest BCUT2D eigenvalue weighted by atomic mass is 9.70. The summed E-state index contributed by atoms with van der Waals surface area (Å²) in [5.74, 6) is 0.968. The minimum atomic E-state index is -0.357. The maximum Gasteiger partial charge on any atom is 0.159 e. The molecule has 48 heavy (non-hydrogen) atoms. The third-order valence-corrected chi connectivity index (χ3v) is 10.8. The second-order valence-corrected chi connectivity index (χ2v) is 13.2. The number of rotatable bonds is 2. The molecule has 1 unspecified atom stereocenters. The van der Waals surface area contributed by atoms with E-state index < -0.39 is 0 Å². The van der Waals surface area contributed by atoms with Crippen molar-refractivity contribution in [2.24, 2.45) is 0 Å². The number of anilines is 2. The molecule has 6 aromatic carbocycles. The molecule has 3 heteroatoms. The minimum absolute atomic E-state index is 0.0798. The van der Waals surface area contributed by atoms with E-state index in [-0.39, 0.29) is 11.6 Å². The summed E-state index contributed by atoms with van der Waals surface area (Å²) in [7, 11) is 0. The van der Waals surface area contributed by atoms with Crippen LogP contribution in [0.2, 0.25) is 0 Å². The highest BCUT2D eigenvalue weighted by Gasteiger charge is 2.51. The van der Waals surface area contributed by atoms with E-state index in [1.54, 1.807) is 0 Å². The molecule has 3 heterocycles. The molecule has 0 bridgehead atoms. The number of aromatic nitrogens is 1. The van der Waals surface area contributed by atoms with E-state index >= 15 is 0 Å². The third-order valence-electron chi connectivity index (χ3n) is 10.8. The SMILES string of the molecule is C1=CC2Nc3c(nc(-c4cccc(-c5ccc6c(c5)C5(c7ccccc7-c7ccccc75)c5ccccc5-6)c4)c4ccccc34)N2C=C1. The highest BCUT2D eigenvalue weighted by atomic mass is 15.4. The van der Waals surface area contributed by atoms with E-state index in [9.17, 15) is 0 Å². The van der Waals surface area contributed by atoms with Crippen molar-refractivity contribution in [2.45, 2.75) is 11.6 Å². The van der Waals surface area contributed by atoms with Crippen LogP contribution in [0.15, 0.2) is 164 Å². The zero-order chi connectivity index (χ0) is 31.4. The summed E-state index contributed by atoms with van der Waals surface area (Å²) in [5.41, 5.74) is 16.0. The van der Waals surface area contributed by atoms with E-state index in [1.165, 1.54) is 61.0 Å². The Morgan fingerprint density at radius 2 is 1.12 bits per heavy atom. The van der Waals surface area contributed by atoms with Gasteiger partial charge in [-0.1, -0.05) is 133 Å². The van der Waals surface area contributed by atoms with Crippen molar-refractivity contribution in [1.82, 2.24) is 4.98 Å². The average molecular weight is 612 g/mol. The van der Waals surface area contributed by atoms with E-state index in [4.69, 9.17) is 4.98 Å². The standard InChI is InChI=1S/C45H29N3/c1-2-18-36-35(17-1)42(47-44-43(36)46-41-22-9-10-25-48(41)44)30-13-11-12-28(26-30)29-23-24-34-33-16-5-8-21-39(33)45(40(34)27-29)37-19-6-3-14-31(37)32-15-4-7-20-38(32)45/h1-27,41,46H. The molecule has 0 radical (unpaired) electrons. The molecule has 1 atom stereocenters. The van der Waals surface area contributed by atoms with Crippen LogP contribution < -0.4 is 10.2 Å². The van der Waals surface area contributed by atoms with Crippen LogP contribution in [0.5, 0.6) is 0 Å². The summed E-state index contributed by atoms with van der Waals surface area (Å²) in [4.78, 5) is 7.57. The van der Waals surface area contributed by atoms with Crippen LogP contribution in [0, 0.1) is 0 Å². The molecule has 0 saturated heterocycles. The van der Waals surface area contributed by atoms with Crippen molar-refractivity contribution in [3.8, 4) is 44.6 Å². The molecule has 2 aliphatic heterocycles. The van der Waals surface area contributed by atoms with E-state index in [1.807, 2.05) is 0 Å². The van der Waals surface area contributed by atoms with Crippen molar-refractivity contribution in [3.63, 3.8) is 0 Å². The second-order valence-electron chi connectivity index (χ2n) is 13.2. The van der Waals surface area contributed by atoms with Gasteiger partial charge in [0.15, 0.2) is 5.82 Å². The van der Waals surface area contributed by atoms with Gasteiger partial charge in [-0.05, 0) is 79.9 Å². The first kappa shape index (κ1) is 25.9. The van der Waals surface area contributed by atoms with Crippen molar-refractivity contribution in [3.05, 3.63) is 186 Å². The number of hydrogen-bond acceptors (Lipinski definition) is 3. The lowest BCUT2D eigenvalue weighted by molar-refractivity contribution is 0.794. The Hall–Kier alpha value is -6.19. The number of fused-ring (bicyclic) bond motifs is 15. The summed E-state index contributed by atoms with van der Waals surface area (Å²) in [6.07, 6.45) is 8.54. The first-order chi connectivity index (χ1) is 23.8. The molecule has 3 nitrogen and oxygen atoms in total. The molecule has 0 saturated carbocycles. The number of pyridine rings is 1. The third kappa shape index (κ3) is 3.25. The lowest BCUT2D eigenvalue weighted by Crippen LogP contribution is -2.30. The minimum Gasteiger partial charge on any atom is -0.358 e. The number of nitrogens with zero attached hydrogens (tertiary/aromatic N) is 2. The fourth-order valence-electron chi connectivity index (χ4n) is 8.88. The normalized spacial score (nSPS) is 16.7. The average Bonchev–Trinajstić information content (AvgIpc) is 3.79. The van der Waals surface area contributed by atoms with Gasteiger partial charge in [0.2, 0.25) is 0 Å². The first-order valence-corrected chi connectivity index (χ1v) is 16.7.